The Morgan fingerprint density at radius 1 is 0.931 bits per heavy atom. The number of nitrogens with one attached hydrogen (secondary N) is 1. The van der Waals surface area contributed by atoms with Gasteiger partial charge in [0.15, 0.2) is 0 Å². The molecule has 5 heteroatoms. The molecule has 2 heterocycles. The Bertz CT molecular complexity index is 1190. The number of ether oxygens (including phenoxy) is 1. The van der Waals surface area contributed by atoms with Gasteiger partial charge >= 0.3 is 0 Å². The smallest absolute Gasteiger partial charge is 0.262 e. The fourth-order valence-electron chi connectivity index (χ4n) is 3.74. The van der Waals surface area contributed by atoms with Crippen LogP contribution in [0.15, 0.2) is 90.5 Å². The molecule has 0 fully saturated rings. The zero-order chi connectivity index (χ0) is 20.0. The largest absolute Gasteiger partial charge is 0.453 e. The van der Waals surface area contributed by atoms with Gasteiger partial charge in [0.1, 0.15) is 11.6 Å². The van der Waals surface area contributed by atoms with Crippen molar-refractivity contribution in [3.63, 3.8) is 0 Å². The Labute approximate surface area is 166 Å². The first-order valence-electron chi connectivity index (χ1n) is 9.16. The first-order chi connectivity index (χ1) is 14.1. The fourth-order valence-corrected chi connectivity index (χ4v) is 3.74. The van der Waals surface area contributed by atoms with E-state index in [1.54, 1.807) is 30.3 Å². The number of amides is 1. The summed E-state index contributed by atoms with van der Waals surface area (Å²) in [7, 11) is 0. The lowest BCUT2D eigenvalue weighted by Crippen LogP contribution is -2.28. The summed E-state index contributed by atoms with van der Waals surface area (Å²) in [6, 6.07) is 22.2. The predicted molar refractivity (Wildman–Crippen MR) is 108 cm³/mol. The van der Waals surface area contributed by atoms with E-state index in [0.717, 1.165) is 5.56 Å². The van der Waals surface area contributed by atoms with E-state index in [1.165, 1.54) is 18.2 Å². The number of hydrogen-bond donors (Lipinski definition) is 2. The van der Waals surface area contributed by atoms with Crippen molar-refractivity contribution < 1.29 is 19.0 Å². The topological polar surface area (TPSA) is 58.6 Å². The van der Waals surface area contributed by atoms with Gasteiger partial charge in [-0.3, -0.25) is 4.79 Å². The van der Waals surface area contributed by atoms with E-state index in [0.29, 0.717) is 22.6 Å². The van der Waals surface area contributed by atoms with E-state index in [-0.39, 0.29) is 11.1 Å². The van der Waals surface area contributed by atoms with Crippen LogP contribution in [0.1, 0.15) is 16.7 Å². The monoisotopic (exact) mass is 385 g/mol. The Hall–Kier alpha value is -3.70. The Morgan fingerprint density at radius 2 is 1.62 bits per heavy atom. The molecule has 0 saturated carbocycles. The second-order valence-corrected chi connectivity index (χ2v) is 6.92. The van der Waals surface area contributed by atoms with Gasteiger partial charge in [0.05, 0.1) is 5.57 Å². The quantitative estimate of drug-likeness (QED) is 0.641. The summed E-state index contributed by atoms with van der Waals surface area (Å²) in [6.07, 6.45) is 1.65. The minimum Gasteiger partial charge on any atom is -0.453 e. The number of carbonyl (C=O) groups excluding carboxylic acids is 1. The maximum atomic E-state index is 13.9. The molecule has 0 radical (unpaired) electrons. The van der Waals surface area contributed by atoms with Crippen LogP contribution in [0.4, 0.5) is 10.1 Å². The number of anilines is 1. The van der Waals surface area contributed by atoms with Crippen LogP contribution in [0.5, 0.6) is 0 Å². The molecular formula is C24H16FNO3. The number of hydrogen-bond acceptors (Lipinski definition) is 3. The number of benzene rings is 3. The molecule has 4 nitrogen and oxygen atoms in total. The Morgan fingerprint density at radius 3 is 2.34 bits per heavy atom. The molecule has 3 aromatic rings. The van der Waals surface area contributed by atoms with Crippen molar-refractivity contribution >= 4 is 22.9 Å². The average molecular weight is 385 g/mol. The number of halogens is 1. The first-order valence-corrected chi connectivity index (χ1v) is 9.16. The van der Waals surface area contributed by atoms with Crippen molar-refractivity contribution in [2.24, 2.45) is 0 Å². The van der Waals surface area contributed by atoms with Gasteiger partial charge < -0.3 is 15.2 Å². The maximum absolute atomic E-state index is 13.9. The van der Waals surface area contributed by atoms with Gasteiger partial charge in [-0.1, -0.05) is 60.7 Å². The highest BCUT2D eigenvalue weighted by atomic mass is 19.1. The SMILES string of the molecule is O=C1Nc2ccc(F)cc2/C1=C1/C=C(c2ccccc2)OC1(O)c1ccccc1. The van der Waals surface area contributed by atoms with Gasteiger partial charge in [-0.05, 0) is 24.3 Å². The molecule has 1 unspecified atom stereocenters. The normalized spacial score (nSPS) is 22.7. The van der Waals surface area contributed by atoms with Gasteiger partial charge in [-0.2, -0.15) is 0 Å². The summed E-state index contributed by atoms with van der Waals surface area (Å²) < 4.78 is 20.0. The highest BCUT2D eigenvalue weighted by Crippen LogP contribution is 2.48. The molecule has 0 aromatic heterocycles. The molecule has 2 aliphatic rings. The van der Waals surface area contributed by atoms with Crippen LogP contribution < -0.4 is 5.32 Å². The summed E-state index contributed by atoms with van der Waals surface area (Å²) >= 11 is 0. The third kappa shape index (κ3) is 2.75. The number of rotatable bonds is 2. The molecule has 1 amide bonds. The highest BCUT2D eigenvalue weighted by molar-refractivity contribution is 6.33. The van der Waals surface area contributed by atoms with Gasteiger partial charge in [0.2, 0.25) is 0 Å². The second kappa shape index (κ2) is 6.43. The van der Waals surface area contributed by atoms with E-state index in [2.05, 4.69) is 5.32 Å². The van der Waals surface area contributed by atoms with E-state index in [4.69, 9.17) is 4.74 Å². The number of aliphatic hydroxyl groups is 1. The molecular weight excluding hydrogens is 369 g/mol. The van der Waals surface area contributed by atoms with Crippen molar-refractivity contribution in [2.45, 2.75) is 5.79 Å². The zero-order valence-electron chi connectivity index (χ0n) is 15.2. The summed E-state index contributed by atoms with van der Waals surface area (Å²) in [4.78, 5) is 12.8. The number of fused-ring (bicyclic) bond motifs is 1. The molecule has 0 saturated heterocycles. The lowest BCUT2D eigenvalue weighted by Gasteiger charge is -2.26. The van der Waals surface area contributed by atoms with E-state index >= 15 is 0 Å². The third-order valence-corrected chi connectivity index (χ3v) is 5.12. The van der Waals surface area contributed by atoms with Gasteiger partial charge in [0, 0.05) is 28.0 Å². The molecule has 2 aliphatic heterocycles. The van der Waals surface area contributed by atoms with Crippen LogP contribution in [0, 0.1) is 5.82 Å². The minimum absolute atomic E-state index is 0.191. The third-order valence-electron chi connectivity index (χ3n) is 5.12. The van der Waals surface area contributed by atoms with E-state index < -0.39 is 17.5 Å². The highest BCUT2D eigenvalue weighted by Gasteiger charge is 2.46. The molecule has 2 N–H and O–H groups in total. The van der Waals surface area contributed by atoms with Gasteiger partial charge in [0.25, 0.3) is 11.7 Å². The van der Waals surface area contributed by atoms with E-state index in [1.807, 2.05) is 36.4 Å². The molecule has 3 aromatic carbocycles. The first kappa shape index (κ1) is 17.4. The summed E-state index contributed by atoms with van der Waals surface area (Å²) in [5, 5.41) is 14.4. The Balaban J connectivity index is 1.78. The van der Waals surface area contributed by atoms with Crippen LogP contribution in [0.2, 0.25) is 0 Å². The molecule has 5 rings (SSSR count). The lowest BCUT2D eigenvalue weighted by molar-refractivity contribution is -0.121. The summed E-state index contributed by atoms with van der Waals surface area (Å²) in [5.74, 6) is -2.33. The molecule has 0 spiro atoms. The van der Waals surface area contributed by atoms with Crippen LogP contribution in [-0.4, -0.2) is 11.0 Å². The fraction of sp³-hybridized carbons (Fsp3) is 0.0417. The zero-order valence-corrected chi connectivity index (χ0v) is 15.2. The predicted octanol–water partition coefficient (Wildman–Crippen LogP) is 4.45. The van der Waals surface area contributed by atoms with Crippen molar-refractivity contribution in [1.82, 2.24) is 0 Å². The maximum Gasteiger partial charge on any atom is 0.262 e. The molecule has 142 valence electrons. The molecule has 29 heavy (non-hydrogen) atoms. The van der Waals surface area contributed by atoms with Gasteiger partial charge in [-0.15, -0.1) is 0 Å². The van der Waals surface area contributed by atoms with Crippen LogP contribution >= 0.6 is 0 Å². The second-order valence-electron chi connectivity index (χ2n) is 6.92. The summed E-state index contributed by atoms with van der Waals surface area (Å²) in [5.41, 5.74) is 2.59. The standard InChI is InChI=1S/C24H16FNO3/c25-17-11-12-20-18(13-17)22(23(27)26-20)19-14-21(15-7-3-1-4-8-15)29-24(19,28)16-9-5-2-6-10-16/h1-14,28H,(H,26,27)/b22-19+. The molecule has 0 aliphatic carbocycles. The minimum atomic E-state index is -1.88. The van der Waals surface area contributed by atoms with Crippen LogP contribution in [0.3, 0.4) is 0 Å². The molecule has 0 bridgehead atoms. The Kier molecular flexibility index (Phi) is 3.86. The van der Waals surface area contributed by atoms with E-state index in [9.17, 15) is 14.3 Å². The summed E-state index contributed by atoms with van der Waals surface area (Å²) in [6.45, 7) is 0. The lowest BCUT2D eigenvalue weighted by atomic mass is 9.91. The van der Waals surface area contributed by atoms with Crippen molar-refractivity contribution in [2.75, 3.05) is 5.32 Å². The average Bonchev–Trinajstić information content (AvgIpc) is 3.26. The molecule has 1 atom stereocenters. The van der Waals surface area contributed by atoms with Crippen molar-refractivity contribution in [3.05, 3.63) is 113 Å². The van der Waals surface area contributed by atoms with Crippen LogP contribution in [-0.2, 0) is 15.3 Å². The van der Waals surface area contributed by atoms with Crippen LogP contribution in [0.25, 0.3) is 11.3 Å². The van der Waals surface area contributed by atoms with Gasteiger partial charge in [-0.25, -0.2) is 4.39 Å². The number of carbonyl (C=O) groups is 1. The van der Waals surface area contributed by atoms with Crippen molar-refractivity contribution in [1.29, 1.82) is 0 Å². The van der Waals surface area contributed by atoms with Crippen molar-refractivity contribution in [3.8, 4) is 0 Å².